The Labute approximate surface area is 157 Å². The molecule has 1 heterocycles. The molecule has 0 unspecified atom stereocenters. The maximum absolute atomic E-state index is 12.4. The van der Waals surface area contributed by atoms with Crippen LogP contribution in [0.15, 0.2) is 53.3 Å². The molecule has 0 saturated carbocycles. The number of rotatable bonds is 6. The van der Waals surface area contributed by atoms with Crippen LogP contribution in [-0.4, -0.2) is 16.6 Å². The number of benzene rings is 2. The summed E-state index contributed by atoms with van der Waals surface area (Å²) in [6.07, 6.45) is 0. The number of pyridine rings is 1. The van der Waals surface area contributed by atoms with Crippen molar-refractivity contribution in [2.45, 2.75) is 26.1 Å². The lowest BCUT2D eigenvalue weighted by atomic mass is 10.1. The Kier molecular flexibility index (Phi) is 5.78. The molecule has 26 heavy (non-hydrogen) atoms. The summed E-state index contributed by atoms with van der Waals surface area (Å²) in [5, 5.41) is 3.65. The third kappa shape index (κ3) is 4.55. The second kappa shape index (κ2) is 8.23. The van der Waals surface area contributed by atoms with Crippen molar-refractivity contribution in [2.75, 3.05) is 5.75 Å². The fourth-order valence-electron chi connectivity index (χ4n) is 3.01. The van der Waals surface area contributed by atoms with Gasteiger partial charge in [0.25, 0.3) is 0 Å². The molecular formula is C21H22N2O2S. The number of aromatic nitrogens is 1. The molecule has 0 radical (unpaired) electrons. The van der Waals surface area contributed by atoms with Crippen molar-refractivity contribution in [1.82, 2.24) is 10.3 Å². The second-order valence-corrected chi connectivity index (χ2v) is 7.40. The number of amides is 1. The van der Waals surface area contributed by atoms with Crippen molar-refractivity contribution >= 4 is 28.6 Å². The summed E-state index contributed by atoms with van der Waals surface area (Å²) >= 11 is 1.49. The highest BCUT2D eigenvalue weighted by atomic mass is 32.2. The predicted octanol–water partition coefficient (Wildman–Crippen LogP) is 3.69. The summed E-state index contributed by atoms with van der Waals surface area (Å²) in [7, 11) is 0. The molecule has 0 spiro atoms. The van der Waals surface area contributed by atoms with E-state index in [1.54, 1.807) is 6.07 Å². The quantitative estimate of drug-likeness (QED) is 0.699. The van der Waals surface area contributed by atoms with Crippen molar-refractivity contribution < 1.29 is 4.79 Å². The molecule has 0 aliphatic heterocycles. The van der Waals surface area contributed by atoms with Gasteiger partial charge >= 0.3 is 0 Å². The van der Waals surface area contributed by atoms with Gasteiger partial charge in [-0.1, -0.05) is 36.4 Å². The number of thioether (sulfide) groups is 1. The van der Waals surface area contributed by atoms with E-state index in [1.807, 2.05) is 56.3 Å². The summed E-state index contributed by atoms with van der Waals surface area (Å²) in [4.78, 5) is 27.7. The molecule has 5 heteroatoms. The number of hydrogen-bond acceptors (Lipinski definition) is 3. The van der Waals surface area contributed by atoms with Crippen molar-refractivity contribution in [3.63, 3.8) is 0 Å². The molecule has 3 aromatic rings. The Morgan fingerprint density at radius 2 is 1.88 bits per heavy atom. The first kappa shape index (κ1) is 18.3. The van der Waals surface area contributed by atoms with E-state index in [0.717, 1.165) is 33.3 Å². The van der Waals surface area contributed by atoms with Crippen LogP contribution in [0.5, 0.6) is 0 Å². The van der Waals surface area contributed by atoms with Gasteiger partial charge < -0.3 is 10.3 Å². The van der Waals surface area contributed by atoms with Crippen molar-refractivity contribution in [1.29, 1.82) is 0 Å². The lowest BCUT2D eigenvalue weighted by Crippen LogP contribution is -2.24. The van der Waals surface area contributed by atoms with Crippen LogP contribution in [0.3, 0.4) is 0 Å². The third-order valence-electron chi connectivity index (χ3n) is 4.15. The summed E-state index contributed by atoms with van der Waals surface area (Å²) in [6.45, 7) is 4.50. The zero-order chi connectivity index (χ0) is 18.5. The van der Waals surface area contributed by atoms with Gasteiger partial charge in [0.15, 0.2) is 5.43 Å². The summed E-state index contributed by atoms with van der Waals surface area (Å²) in [6, 6.07) is 15.5. The highest BCUT2D eigenvalue weighted by molar-refractivity contribution is 7.99. The smallest absolute Gasteiger partial charge is 0.230 e. The van der Waals surface area contributed by atoms with Gasteiger partial charge in [-0.15, -0.1) is 11.8 Å². The normalized spacial score (nSPS) is 10.8. The minimum absolute atomic E-state index is 0.00585. The minimum atomic E-state index is -0.00585. The molecule has 1 aromatic heterocycles. The van der Waals surface area contributed by atoms with Gasteiger partial charge in [-0.05, 0) is 36.6 Å². The molecule has 0 saturated heterocycles. The van der Waals surface area contributed by atoms with Gasteiger partial charge in [0.2, 0.25) is 5.91 Å². The van der Waals surface area contributed by atoms with Gasteiger partial charge in [0, 0.05) is 29.4 Å². The molecule has 0 atom stereocenters. The Hall–Kier alpha value is -2.53. The molecule has 1 amide bonds. The van der Waals surface area contributed by atoms with E-state index in [0.29, 0.717) is 18.1 Å². The van der Waals surface area contributed by atoms with Gasteiger partial charge in [-0.3, -0.25) is 9.59 Å². The second-order valence-electron chi connectivity index (χ2n) is 6.42. The average molecular weight is 366 g/mol. The summed E-state index contributed by atoms with van der Waals surface area (Å²) < 4.78 is 0. The lowest BCUT2D eigenvalue weighted by Gasteiger charge is -2.08. The number of carbonyl (C=O) groups excluding carboxylic acids is 1. The van der Waals surface area contributed by atoms with E-state index >= 15 is 0 Å². The van der Waals surface area contributed by atoms with E-state index in [9.17, 15) is 9.59 Å². The van der Waals surface area contributed by atoms with E-state index in [2.05, 4.69) is 10.3 Å². The fraction of sp³-hybridized carbons (Fsp3) is 0.238. The van der Waals surface area contributed by atoms with Crippen molar-refractivity contribution in [3.05, 3.63) is 81.1 Å². The van der Waals surface area contributed by atoms with Gasteiger partial charge in [0.1, 0.15) is 0 Å². The average Bonchev–Trinajstić information content (AvgIpc) is 2.60. The summed E-state index contributed by atoms with van der Waals surface area (Å²) in [5.74, 6) is 0.949. The van der Waals surface area contributed by atoms with Gasteiger partial charge in [-0.2, -0.15) is 0 Å². The zero-order valence-electron chi connectivity index (χ0n) is 15.0. The Balaban J connectivity index is 1.58. The van der Waals surface area contributed by atoms with Crippen LogP contribution in [0.4, 0.5) is 0 Å². The number of aromatic amines is 1. The number of carbonyl (C=O) groups is 1. The third-order valence-corrected chi connectivity index (χ3v) is 5.13. The molecule has 0 fully saturated rings. The Bertz CT molecular complexity index is 980. The van der Waals surface area contributed by atoms with Crippen molar-refractivity contribution in [3.8, 4) is 0 Å². The molecule has 4 nitrogen and oxygen atoms in total. The van der Waals surface area contributed by atoms with Gasteiger partial charge in [-0.25, -0.2) is 0 Å². The SMILES string of the molecule is Cc1cc(C)c2c(=O)cc(CSCC(=O)NCc3ccccc3)[nH]c2c1. The fourth-order valence-corrected chi connectivity index (χ4v) is 3.78. The number of H-pyrrole nitrogens is 1. The minimum Gasteiger partial charge on any atom is -0.357 e. The maximum Gasteiger partial charge on any atom is 0.230 e. The Morgan fingerprint density at radius 1 is 1.12 bits per heavy atom. The number of aryl methyl sites for hydroxylation is 2. The first-order valence-electron chi connectivity index (χ1n) is 8.54. The molecule has 3 rings (SSSR count). The largest absolute Gasteiger partial charge is 0.357 e. The molecule has 0 aliphatic carbocycles. The van der Waals surface area contributed by atoms with Crippen LogP contribution in [0, 0.1) is 13.8 Å². The molecule has 0 bridgehead atoms. The summed E-state index contributed by atoms with van der Waals surface area (Å²) in [5.41, 5.74) is 4.92. The van der Waals surface area contributed by atoms with Crippen LogP contribution < -0.4 is 10.7 Å². The van der Waals surface area contributed by atoms with Crippen LogP contribution in [0.25, 0.3) is 10.9 Å². The van der Waals surface area contributed by atoms with Crippen LogP contribution in [0.2, 0.25) is 0 Å². The van der Waals surface area contributed by atoms with E-state index in [-0.39, 0.29) is 11.3 Å². The first-order valence-corrected chi connectivity index (χ1v) is 9.70. The maximum atomic E-state index is 12.4. The monoisotopic (exact) mass is 366 g/mol. The molecule has 2 N–H and O–H groups in total. The van der Waals surface area contributed by atoms with Crippen molar-refractivity contribution in [2.24, 2.45) is 0 Å². The number of nitrogens with one attached hydrogen (secondary N) is 2. The number of fused-ring (bicyclic) bond motifs is 1. The molecule has 2 aromatic carbocycles. The topological polar surface area (TPSA) is 62.0 Å². The van der Waals surface area contributed by atoms with Gasteiger partial charge in [0.05, 0.1) is 11.3 Å². The van der Waals surface area contributed by atoms with E-state index in [4.69, 9.17) is 0 Å². The standard InChI is InChI=1S/C21H22N2O2S/c1-14-8-15(2)21-18(9-14)23-17(10-19(21)24)12-26-13-20(25)22-11-16-6-4-3-5-7-16/h3-10H,11-13H2,1-2H3,(H,22,25)(H,23,24). The van der Waals surface area contributed by atoms with E-state index in [1.165, 1.54) is 11.8 Å². The van der Waals surface area contributed by atoms with E-state index < -0.39 is 0 Å². The molecule has 0 aliphatic rings. The van der Waals surface area contributed by atoms with Crippen LogP contribution >= 0.6 is 11.8 Å². The van der Waals surface area contributed by atoms with Crippen LogP contribution in [0.1, 0.15) is 22.4 Å². The molecular weight excluding hydrogens is 344 g/mol. The zero-order valence-corrected chi connectivity index (χ0v) is 15.8. The predicted molar refractivity (Wildman–Crippen MR) is 108 cm³/mol. The Morgan fingerprint density at radius 3 is 2.65 bits per heavy atom. The first-order chi connectivity index (χ1) is 12.5. The van der Waals surface area contributed by atoms with Crippen LogP contribution in [-0.2, 0) is 17.1 Å². The lowest BCUT2D eigenvalue weighted by molar-refractivity contribution is -0.118. The highest BCUT2D eigenvalue weighted by Crippen LogP contribution is 2.18. The molecule has 134 valence electrons. The number of hydrogen-bond donors (Lipinski definition) is 2. The highest BCUT2D eigenvalue weighted by Gasteiger charge is 2.07.